The average Bonchev–Trinajstić information content (AvgIpc) is 3.12. The highest BCUT2D eigenvalue weighted by Gasteiger charge is 2.26. The van der Waals surface area contributed by atoms with Gasteiger partial charge in [-0.05, 0) is 32.3 Å². The Morgan fingerprint density at radius 3 is 2.71 bits per heavy atom. The van der Waals surface area contributed by atoms with Crippen molar-refractivity contribution < 1.29 is 18.7 Å². The summed E-state index contributed by atoms with van der Waals surface area (Å²) in [5.41, 5.74) is 1.17. The lowest BCUT2D eigenvalue weighted by molar-refractivity contribution is 0.0520. The van der Waals surface area contributed by atoms with Crippen LogP contribution in [0.2, 0.25) is 0 Å². The van der Waals surface area contributed by atoms with Crippen molar-refractivity contribution in [2.24, 2.45) is 0 Å². The van der Waals surface area contributed by atoms with Crippen LogP contribution in [0.25, 0.3) is 11.3 Å². The minimum absolute atomic E-state index is 0.0449. The first-order chi connectivity index (χ1) is 11.7. The fraction of sp³-hybridized carbons (Fsp3) is 0.389. The molecule has 6 nitrogen and oxygen atoms in total. The highest BCUT2D eigenvalue weighted by Crippen LogP contribution is 2.28. The van der Waals surface area contributed by atoms with Gasteiger partial charge in [-0.2, -0.15) is 0 Å². The molecule has 1 saturated heterocycles. The Morgan fingerprint density at radius 2 is 1.96 bits per heavy atom. The summed E-state index contributed by atoms with van der Waals surface area (Å²) in [6, 6.07) is 7.13. The zero-order valence-corrected chi connectivity index (χ0v) is 13.7. The van der Waals surface area contributed by atoms with Gasteiger partial charge in [-0.15, -0.1) is 0 Å². The zero-order chi connectivity index (χ0) is 16.9. The van der Waals surface area contributed by atoms with Crippen LogP contribution < -0.4 is 0 Å². The number of ether oxygens (including phenoxy) is 1. The number of carbonyl (C=O) groups is 2. The Bertz CT molecular complexity index is 732. The molecule has 2 heterocycles. The molecule has 1 fully saturated rings. The number of hydrogen-bond acceptors (Lipinski definition) is 5. The maximum atomic E-state index is 12.9. The first kappa shape index (κ1) is 16.2. The summed E-state index contributed by atoms with van der Waals surface area (Å²) < 4.78 is 10.4. The molecule has 1 aliphatic heterocycles. The topological polar surface area (TPSA) is 72.6 Å². The van der Waals surface area contributed by atoms with E-state index in [0.29, 0.717) is 11.1 Å². The van der Waals surface area contributed by atoms with E-state index in [2.05, 4.69) is 4.98 Å². The standard InChI is InChI=1S/C18H20N2O4/c1-2-23-18(22)15-16(24-12-19-15)13-8-4-5-9-14(13)17(21)20-10-6-3-7-11-20/h4-5,8-9,12H,2-3,6-7,10-11H2,1H3. The number of hydrogen-bond donors (Lipinski definition) is 0. The number of oxazole rings is 1. The van der Waals surface area contributed by atoms with Crippen LogP contribution in [-0.2, 0) is 4.74 Å². The van der Waals surface area contributed by atoms with E-state index in [0.717, 1.165) is 32.4 Å². The van der Waals surface area contributed by atoms with Crippen LogP contribution in [0.15, 0.2) is 35.1 Å². The predicted octanol–water partition coefficient (Wildman–Crippen LogP) is 3.14. The summed E-state index contributed by atoms with van der Waals surface area (Å²) in [5, 5.41) is 0. The van der Waals surface area contributed by atoms with Gasteiger partial charge < -0.3 is 14.1 Å². The third-order valence-corrected chi connectivity index (χ3v) is 4.08. The molecule has 0 spiro atoms. The van der Waals surface area contributed by atoms with Crippen molar-refractivity contribution in [1.29, 1.82) is 0 Å². The molecule has 1 aliphatic rings. The Kier molecular flexibility index (Phi) is 4.93. The largest absolute Gasteiger partial charge is 0.461 e. The van der Waals surface area contributed by atoms with Crippen LogP contribution in [0, 0.1) is 0 Å². The number of carbonyl (C=O) groups excluding carboxylic acids is 2. The summed E-state index contributed by atoms with van der Waals surface area (Å²) in [6.07, 6.45) is 4.39. The van der Waals surface area contributed by atoms with Crippen LogP contribution in [0.1, 0.15) is 47.0 Å². The van der Waals surface area contributed by atoms with Crippen LogP contribution in [-0.4, -0.2) is 41.5 Å². The van der Waals surface area contributed by atoms with Gasteiger partial charge in [0, 0.05) is 18.7 Å². The summed E-state index contributed by atoms with van der Waals surface area (Å²) in [6.45, 7) is 3.49. The van der Waals surface area contributed by atoms with E-state index >= 15 is 0 Å². The van der Waals surface area contributed by atoms with E-state index in [9.17, 15) is 9.59 Å². The molecule has 0 atom stereocenters. The van der Waals surface area contributed by atoms with Crippen LogP contribution in [0.5, 0.6) is 0 Å². The normalized spacial score (nSPS) is 14.5. The number of esters is 1. The van der Waals surface area contributed by atoms with Crippen molar-refractivity contribution in [3.8, 4) is 11.3 Å². The average molecular weight is 328 g/mol. The molecule has 1 amide bonds. The molecular formula is C18H20N2O4. The summed E-state index contributed by atoms with van der Waals surface area (Å²) in [7, 11) is 0. The fourth-order valence-corrected chi connectivity index (χ4v) is 2.92. The molecule has 2 aromatic rings. The van der Waals surface area contributed by atoms with Crippen LogP contribution in [0.3, 0.4) is 0 Å². The third-order valence-electron chi connectivity index (χ3n) is 4.08. The Morgan fingerprint density at radius 1 is 1.21 bits per heavy atom. The smallest absolute Gasteiger partial charge is 0.360 e. The van der Waals surface area contributed by atoms with Gasteiger partial charge >= 0.3 is 5.97 Å². The van der Waals surface area contributed by atoms with E-state index in [1.807, 2.05) is 4.90 Å². The lowest BCUT2D eigenvalue weighted by atomic mass is 10.0. The molecular weight excluding hydrogens is 308 g/mol. The fourth-order valence-electron chi connectivity index (χ4n) is 2.92. The molecule has 3 rings (SSSR count). The Hall–Kier alpha value is -2.63. The molecule has 0 radical (unpaired) electrons. The first-order valence-corrected chi connectivity index (χ1v) is 8.21. The zero-order valence-electron chi connectivity index (χ0n) is 13.7. The Balaban J connectivity index is 1.97. The molecule has 0 bridgehead atoms. The molecule has 1 aromatic heterocycles. The van der Waals surface area contributed by atoms with Crippen molar-refractivity contribution in [2.75, 3.05) is 19.7 Å². The van der Waals surface area contributed by atoms with Crippen LogP contribution >= 0.6 is 0 Å². The number of benzene rings is 1. The molecule has 24 heavy (non-hydrogen) atoms. The monoisotopic (exact) mass is 328 g/mol. The lowest BCUT2D eigenvalue weighted by Crippen LogP contribution is -2.35. The first-order valence-electron chi connectivity index (χ1n) is 8.21. The molecule has 0 saturated carbocycles. The van der Waals surface area contributed by atoms with Gasteiger partial charge in [0.05, 0.1) is 12.2 Å². The van der Waals surface area contributed by atoms with E-state index in [1.54, 1.807) is 31.2 Å². The molecule has 1 aromatic carbocycles. The van der Waals surface area contributed by atoms with Gasteiger partial charge in [0.2, 0.25) is 0 Å². The summed E-state index contributed by atoms with van der Waals surface area (Å²) in [4.78, 5) is 30.7. The number of amides is 1. The van der Waals surface area contributed by atoms with Crippen molar-refractivity contribution in [2.45, 2.75) is 26.2 Å². The number of aromatic nitrogens is 1. The highest BCUT2D eigenvalue weighted by atomic mass is 16.5. The number of rotatable bonds is 4. The van der Waals surface area contributed by atoms with Crippen LogP contribution in [0.4, 0.5) is 0 Å². The van der Waals surface area contributed by atoms with E-state index < -0.39 is 5.97 Å². The SMILES string of the molecule is CCOC(=O)c1ncoc1-c1ccccc1C(=O)N1CCCCC1. The van der Waals surface area contributed by atoms with Gasteiger partial charge in [-0.3, -0.25) is 4.79 Å². The summed E-state index contributed by atoms with van der Waals surface area (Å²) >= 11 is 0. The Labute approximate surface area is 140 Å². The summed E-state index contributed by atoms with van der Waals surface area (Å²) in [5.74, 6) is -0.326. The van der Waals surface area contributed by atoms with E-state index in [4.69, 9.17) is 9.15 Å². The second kappa shape index (κ2) is 7.29. The van der Waals surface area contributed by atoms with Crippen molar-refractivity contribution >= 4 is 11.9 Å². The number of nitrogens with zero attached hydrogens (tertiary/aromatic N) is 2. The molecule has 126 valence electrons. The minimum atomic E-state index is -0.554. The molecule has 0 N–H and O–H groups in total. The van der Waals surface area contributed by atoms with Gasteiger partial charge in [-0.1, -0.05) is 18.2 Å². The quantitative estimate of drug-likeness (QED) is 0.806. The third kappa shape index (κ3) is 3.18. The van der Waals surface area contributed by atoms with Gasteiger partial charge in [-0.25, -0.2) is 9.78 Å². The second-order valence-electron chi connectivity index (χ2n) is 5.65. The maximum Gasteiger partial charge on any atom is 0.360 e. The van der Waals surface area contributed by atoms with Gasteiger partial charge in [0.1, 0.15) is 0 Å². The predicted molar refractivity (Wildman–Crippen MR) is 87.7 cm³/mol. The second-order valence-corrected chi connectivity index (χ2v) is 5.65. The number of likely N-dealkylation sites (tertiary alicyclic amines) is 1. The van der Waals surface area contributed by atoms with E-state index in [-0.39, 0.29) is 24.0 Å². The van der Waals surface area contributed by atoms with Gasteiger partial charge in [0.15, 0.2) is 17.8 Å². The van der Waals surface area contributed by atoms with Crippen molar-refractivity contribution in [1.82, 2.24) is 9.88 Å². The number of piperidine rings is 1. The molecule has 0 unspecified atom stereocenters. The minimum Gasteiger partial charge on any atom is -0.461 e. The van der Waals surface area contributed by atoms with Crippen molar-refractivity contribution in [3.05, 3.63) is 41.9 Å². The maximum absolute atomic E-state index is 12.9. The van der Waals surface area contributed by atoms with Crippen molar-refractivity contribution in [3.63, 3.8) is 0 Å². The highest BCUT2D eigenvalue weighted by molar-refractivity contribution is 6.03. The van der Waals surface area contributed by atoms with E-state index in [1.165, 1.54) is 6.39 Å². The molecule has 6 heteroatoms. The lowest BCUT2D eigenvalue weighted by Gasteiger charge is -2.27. The molecule has 0 aliphatic carbocycles. The van der Waals surface area contributed by atoms with Gasteiger partial charge in [0.25, 0.3) is 5.91 Å².